The third kappa shape index (κ3) is 6.01. The Bertz CT molecular complexity index is 930. The van der Waals surface area contributed by atoms with Crippen molar-refractivity contribution in [1.82, 2.24) is 15.2 Å². The van der Waals surface area contributed by atoms with Crippen molar-refractivity contribution in [2.24, 2.45) is 0 Å². The lowest BCUT2D eigenvalue weighted by Crippen LogP contribution is -2.50. The number of aromatic nitrogens is 1. The molecular formula is C25H27N3O2. The molecule has 30 heavy (non-hydrogen) atoms. The first kappa shape index (κ1) is 21.2. The number of carbonyl (C=O) groups excluding carboxylic acids is 2. The maximum absolute atomic E-state index is 13.2. The van der Waals surface area contributed by atoms with Gasteiger partial charge in [0.05, 0.1) is 0 Å². The molecular weight excluding hydrogens is 374 g/mol. The van der Waals surface area contributed by atoms with Gasteiger partial charge in [0.2, 0.25) is 11.8 Å². The maximum atomic E-state index is 13.2. The third-order valence-electron chi connectivity index (χ3n) is 4.96. The summed E-state index contributed by atoms with van der Waals surface area (Å²) >= 11 is 0. The van der Waals surface area contributed by atoms with Crippen LogP contribution in [-0.4, -0.2) is 27.7 Å². The standard InChI is InChI=1S/C25H27N3O2/c1-2-24(29)28(19-21-12-7-4-8-13-21)23(16-20-10-5-3-6-11-20)25(30)27-18-22-14-9-15-26-17-22/h3-15,17,23H,2,16,18-19H2,1H3,(H,27,30)/t23-/m1/s1. The van der Waals surface area contributed by atoms with E-state index in [1.807, 2.05) is 79.7 Å². The molecule has 5 nitrogen and oxygen atoms in total. The molecule has 5 heteroatoms. The Morgan fingerprint density at radius 2 is 1.53 bits per heavy atom. The van der Waals surface area contributed by atoms with Crippen molar-refractivity contribution in [3.05, 3.63) is 102 Å². The summed E-state index contributed by atoms with van der Waals surface area (Å²) < 4.78 is 0. The Hall–Kier alpha value is -3.47. The molecule has 0 spiro atoms. The lowest BCUT2D eigenvalue weighted by molar-refractivity contribution is -0.141. The number of hydrogen-bond donors (Lipinski definition) is 1. The predicted molar refractivity (Wildman–Crippen MR) is 117 cm³/mol. The Morgan fingerprint density at radius 3 is 2.13 bits per heavy atom. The van der Waals surface area contributed by atoms with E-state index in [0.29, 0.717) is 25.9 Å². The zero-order chi connectivity index (χ0) is 21.2. The highest BCUT2D eigenvalue weighted by molar-refractivity contribution is 5.87. The molecule has 1 N–H and O–H groups in total. The molecule has 0 radical (unpaired) electrons. The fourth-order valence-electron chi connectivity index (χ4n) is 3.35. The van der Waals surface area contributed by atoms with Crippen molar-refractivity contribution in [1.29, 1.82) is 0 Å². The lowest BCUT2D eigenvalue weighted by Gasteiger charge is -2.31. The average molecular weight is 402 g/mol. The number of hydrogen-bond acceptors (Lipinski definition) is 3. The van der Waals surface area contributed by atoms with Crippen LogP contribution >= 0.6 is 0 Å². The average Bonchev–Trinajstić information content (AvgIpc) is 2.81. The van der Waals surface area contributed by atoms with Crippen LogP contribution in [0.25, 0.3) is 0 Å². The van der Waals surface area contributed by atoms with Crippen molar-refractivity contribution in [3.8, 4) is 0 Å². The molecule has 1 aromatic heterocycles. The van der Waals surface area contributed by atoms with E-state index in [0.717, 1.165) is 16.7 Å². The molecule has 0 unspecified atom stereocenters. The smallest absolute Gasteiger partial charge is 0.243 e. The fourth-order valence-corrected chi connectivity index (χ4v) is 3.35. The van der Waals surface area contributed by atoms with Crippen molar-refractivity contribution in [3.63, 3.8) is 0 Å². The number of carbonyl (C=O) groups is 2. The van der Waals surface area contributed by atoms with E-state index in [9.17, 15) is 9.59 Å². The second-order valence-corrected chi connectivity index (χ2v) is 7.15. The summed E-state index contributed by atoms with van der Waals surface area (Å²) in [5, 5.41) is 2.99. The van der Waals surface area contributed by atoms with Gasteiger partial charge in [0.25, 0.3) is 0 Å². The van der Waals surface area contributed by atoms with Crippen LogP contribution in [0.4, 0.5) is 0 Å². The van der Waals surface area contributed by atoms with E-state index in [-0.39, 0.29) is 11.8 Å². The first-order valence-corrected chi connectivity index (χ1v) is 10.2. The summed E-state index contributed by atoms with van der Waals surface area (Å²) in [4.78, 5) is 31.9. The van der Waals surface area contributed by atoms with Gasteiger partial charge in [-0.15, -0.1) is 0 Å². The first-order valence-electron chi connectivity index (χ1n) is 10.2. The van der Waals surface area contributed by atoms with E-state index in [2.05, 4.69) is 10.3 Å². The van der Waals surface area contributed by atoms with Gasteiger partial charge < -0.3 is 10.2 Å². The molecule has 3 rings (SSSR count). The molecule has 3 aromatic rings. The van der Waals surface area contributed by atoms with E-state index in [4.69, 9.17) is 0 Å². The molecule has 0 aliphatic rings. The molecule has 0 aliphatic heterocycles. The lowest BCUT2D eigenvalue weighted by atomic mass is 10.0. The Morgan fingerprint density at radius 1 is 0.900 bits per heavy atom. The van der Waals surface area contributed by atoms with Crippen LogP contribution in [0, 0.1) is 0 Å². The van der Waals surface area contributed by atoms with Crippen LogP contribution in [0.5, 0.6) is 0 Å². The van der Waals surface area contributed by atoms with Crippen LogP contribution in [0.1, 0.15) is 30.0 Å². The van der Waals surface area contributed by atoms with E-state index in [1.54, 1.807) is 17.3 Å². The number of amides is 2. The number of benzene rings is 2. The molecule has 2 amide bonds. The highest BCUT2D eigenvalue weighted by atomic mass is 16.2. The second kappa shape index (κ2) is 10.9. The molecule has 0 saturated carbocycles. The highest BCUT2D eigenvalue weighted by Crippen LogP contribution is 2.16. The Kier molecular flexibility index (Phi) is 7.72. The van der Waals surface area contributed by atoms with Crippen molar-refractivity contribution >= 4 is 11.8 Å². The molecule has 2 aromatic carbocycles. The summed E-state index contributed by atoms with van der Waals surface area (Å²) in [6, 6.07) is 22.7. The van der Waals surface area contributed by atoms with Crippen LogP contribution in [0.2, 0.25) is 0 Å². The molecule has 0 bridgehead atoms. The van der Waals surface area contributed by atoms with E-state index >= 15 is 0 Å². The van der Waals surface area contributed by atoms with Gasteiger partial charge in [0.1, 0.15) is 6.04 Å². The summed E-state index contributed by atoms with van der Waals surface area (Å²) in [6.07, 6.45) is 4.22. The van der Waals surface area contributed by atoms with Gasteiger partial charge in [-0.1, -0.05) is 73.7 Å². The Balaban J connectivity index is 1.84. The minimum Gasteiger partial charge on any atom is -0.350 e. The molecule has 1 heterocycles. The number of nitrogens with one attached hydrogen (secondary N) is 1. The monoisotopic (exact) mass is 401 g/mol. The summed E-state index contributed by atoms with van der Waals surface area (Å²) in [6.45, 7) is 2.59. The van der Waals surface area contributed by atoms with E-state index < -0.39 is 6.04 Å². The maximum Gasteiger partial charge on any atom is 0.243 e. The van der Waals surface area contributed by atoms with Crippen LogP contribution in [-0.2, 0) is 29.1 Å². The van der Waals surface area contributed by atoms with E-state index in [1.165, 1.54) is 0 Å². The minimum atomic E-state index is -0.600. The summed E-state index contributed by atoms with van der Waals surface area (Å²) in [7, 11) is 0. The van der Waals surface area contributed by atoms with Gasteiger partial charge in [-0.3, -0.25) is 14.6 Å². The highest BCUT2D eigenvalue weighted by Gasteiger charge is 2.29. The second-order valence-electron chi connectivity index (χ2n) is 7.15. The Labute approximate surface area is 177 Å². The van der Waals surface area contributed by atoms with Gasteiger partial charge in [0.15, 0.2) is 0 Å². The quantitative estimate of drug-likeness (QED) is 0.594. The van der Waals surface area contributed by atoms with Gasteiger partial charge >= 0.3 is 0 Å². The molecule has 0 fully saturated rings. The summed E-state index contributed by atoms with van der Waals surface area (Å²) in [5.74, 6) is -0.211. The SMILES string of the molecule is CCC(=O)N(Cc1ccccc1)[C@H](Cc1ccccc1)C(=O)NCc1cccnc1. The zero-order valence-corrected chi connectivity index (χ0v) is 17.2. The van der Waals surface area contributed by atoms with Crippen molar-refractivity contribution < 1.29 is 9.59 Å². The summed E-state index contributed by atoms with van der Waals surface area (Å²) in [5.41, 5.74) is 2.93. The molecule has 1 atom stereocenters. The number of pyridine rings is 1. The molecule has 0 saturated heterocycles. The van der Waals surface area contributed by atoms with Gasteiger partial charge in [-0.25, -0.2) is 0 Å². The van der Waals surface area contributed by atoms with Gasteiger partial charge in [-0.05, 0) is 22.8 Å². The molecule has 154 valence electrons. The van der Waals surface area contributed by atoms with Crippen LogP contribution < -0.4 is 5.32 Å². The number of nitrogens with zero attached hydrogens (tertiary/aromatic N) is 2. The molecule has 0 aliphatic carbocycles. The first-order chi connectivity index (χ1) is 14.7. The predicted octanol–water partition coefficient (Wildman–Crippen LogP) is 3.75. The van der Waals surface area contributed by atoms with Crippen molar-refractivity contribution in [2.45, 2.75) is 38.9 Å². The van der Waals surface area contributed by atoms with Gasteiger partial charge in [0, 0.05) is 38.3 Å². The fraction of sp³-hybridized carbons (Fsp3) is 0.240. The normalized spacial score (nSPS) is 11.5. The van der Waals surface area contributed by atoms with Crippen LogP contribution in [0.15, 0.2) is 85.2 Å². The largest absolute Gasteiger partial charge is 0.350 e. The minimum absolute atomic E-state index is 0.0451. The topological polar surface area (TPSA) is 62.3 Å². The van der Waals surface area contributed by atoms with Crippen LogP contribution in [0.3, 0.4) is 0 Å². The third-order valence-corrected chi connectivity index (χ3v) is 4.96. The van der Waals surface area contributed by atoms with Crippen molar-refractivity contribution in [2.75, 3.05) is 0 Å². The number of rotatable bonds is 9. The zero-order valence-electron chi connectivity index (χ0n) is 17.2. The van der Waals surface area contributed by atoms with Gasteiger partial charge in [-0.2, -0.15) is 0 Å².